The van der Waals surface area contributed by atoms with Crippen LogP contribution >= 0.6 is 0 Å². The van der Waals surface area contributed by atoms with E-state index in [1.165, 1.54) is 27.7 Å². The van der Waals surface area contributed by atoms with Gasteiger partial charge in [-0.1, -0.05) is 33.6 Å². The summed E-state index contributed by atoms with van der Waals surface area (Å²) in [5.74, 6) is -5.26. The lowest BCUT2D eigenvalue weighted by Gasteiger charge is -2.24. The lowest BCUT2D eigenvalue weighted by Crippen LogP contribution is -2.32. The van der Waals surface area contributed by atoms with E-state index in [1.54, 1.807) is 0 Å². The third-order valence-corrected chi connectivity index (χ3v) is 3.33. The van der Waals surface area contributed by atoms with Crippen LogP contribution in [0.5, 0.6) is 0 Å². The second-order valence-corrected chi connectivity index (χ2v) is 6.71. The van der Waals surface area contributed by atoms with Crippen LogP contribution in [0.3, 0.4) is 0 Å². The topological polar surface area (TPSA) is 233 Å². The Kier molecular flexibility index (Phi) is 27.9. The number of aliphatic hydroxyl groups is 6. The van der Waals surface area contributed by atoms with Crippen molar-refractivity contribution in [1.82, 2.24) is 0 Å². The van der Waals surface area contributed by atoms with E-state index < -0.39 is 29.3 Å². The van der Waals surface area contributed by atoms with Gasteiger partial charge in [0.1, 0.15) is 0 Å². The monoisotopic (exact) mass is 484 g/mol. The smallest absolute Gasteiger partial charge is 0.330 e. The molecule has 0 aliphatic carbocycles. The highest BCUT2D eigenvalue weighted by atomic mass is 16.7. The number of rotatable bonds is 8. The molecule has 0 aromatic carbocycles. The maximum absolute atomic E-state index is 9.60. The zero-order chi connectivity index (χ0) is 28.0. The Labute approximate surface area is 194 Å². The van der Waals surface area contributed by atoms with E-state index in [-0.39, 0.29) is 43.0 Å². The molecule has 0 heterocycles. The summed E-state index contributed by atoms with van der Waals surface area (Å²) in [7, 11) is 0. The third-order valence-electron chi connectivity index (χ3n) is 3.33. The zero-order valence-corrected chi connectivity index (χ0v) is 19.9. The molecule has 0 fully saturated rings. The summed E-state index contributed by atoms with van der Waals surface area (Å²) in [5.41, 5.74) is -0.139. The van der Waals surface area contributed by atoms with Crippen molar-refractivity contribution < 1.29 is 60.3 Å². The van der Waals surface area contributed by atoms with E-state index in [0.717, 1.165) is 0 Å². The molecule has 0 saturated carbocycles. The molecular weight excluding hydrogens is 444 g/mol. The van der Waals surface area contributed by atoms with E-state index in [2.05, 4.69) is 19.7 Å². The van der Waals surface area contributed by atoms with Crippen LogP contribution in [0.15, 0.2) is 36.5 Å². The number of hydrogen-bond donors (Lipinski definition) is 9. The molecule has 0 unspecified atom stereocenters. The lowest BCUT2D eigenvalue weighted by molar-refractivity contribution is -0.312. The molecule has 12 heteroatoms. The van der Waals surface area contributed by atoms with Gasteiger partial charge in [0.2, 0.25) is 0 Å². The minimum atomic E-state index is -2.46. The molecule has 9 N–H and O–H groups in total. The second kappa shape index (κ2) is 22.6. The number of aliphatic carboxylic acids is 3. The molecule has 0 rings (SSSR count). The van der Waals surface area contributed by atoms with E-state index in [4.69, 9.17) is 46.0 Å². The normalized spacial score (nSPS) is 9.55. The Hall–Kier alpha value is -2.61. The highest BCUT2D eigenvalue weighted by Gasteiger charge is 2.24. The molecule has 196 valence electrons. The van der Waals surface area contributed by atoms with Gasteiger partial charge in [-0.3, -0.25) is 0 Å². The van der Waals surface area contributed by atoms with Gasteiger partial charge in [-0.25, -0.2) is 14.4 Å². The molecule has 0 aromatic heterocycles. The Bertz CT molecular complexity index is 488. The zero-order valence-electron chi connectivity index (χ0n) is 19.9. The summed E-state index contributed by atoms with van der Waals surface area (Å²) in [4.78, 5) is 28.8. The van der Waals surface area contributed by atoms with Crippen LogP contribution in [0.2, 0.25) is 0 Å². The lowest BCUT2D eigenvalue weighted by atomic mass is 9.88. The maximum atomic E-state index is 9.60. The van der Waals surface area contributed by atoms with Gasteiger partial charge in [0.15, 0.2) is 0 Å². The van der Waals surface area contributed by atoms with E-state index in [9.17, 15) is 14.4 Å². The summed E-state index contributed by atoms with van der Waals surface area (Å²) >= 11 is 0. The molecule has 0 saturated heterocycles. The number of hydrogen-bond acceptors (Lipinski definition) is 9. The molecule has 0 amide bonds. The van der Waals surface area contributed by atoms with Crippen LogP contribution < -0.4 is 0 Å². The first-order chi connectivity index (χ1) is 14.7. The fourth-order valence-corrected chi connectivity index (χ4v) is 0.485. The molecular formula is C21H40O12. The van der Waals surface area contributed by atoms with Gasteiger partial charge in [0.25, 0.3) is 5.97 Å². The largest absolute Gasteiger partial charge is 0.478 e. The van der Waals surface area contributed by atoms with Gasteiger partial charge in [0, 0.05) is 28.6 Å². The predicted octanol–water partition coefficient (Wildman–Crippen LogP) is 0.328. The van der Waals surface area contributed by atoms with Gasteiger partial charge in [-0.2, -0.15) is 0 Å². The molecule has 0 radical (unpaired) electrons. The molecule has 0 aliphatic heterocycles. The number of carboxylic acids is 3. The van der Waals surface area contributed by atoms with Crippen LogP contribution in [-0.4, -0.2) is 89.7 Å². The molecule has 12 nitrogen and oxygen atoms in total. The first-order valence-electron chi connectivity index (χ1n) is 9.40. The Morgan fingerprint density at radius 3 is 0.758 bits per heavy atom. The van der Waals surface area contributed by atoms with Crippen molar-refractivity contribution in [2.75, 3.05) is 19.8 Å². The van der Waals surface area contributed by atoms with E-state index in [1.807, 2.05) is 6.92 Å². The molecule has 0 atom stereocenters. The van der Waals surface area contributed by atoms with Gasteiger partial charge < -0.3 is 46.0 Å². The highest BCUT2D eigenvalue weighted by Crippen LogP contribution is 2.18. The van der Waals surface area contributed by atoms with E-state index in [0.29, 0.717) is 6.42 Å². The quantitative estimate of drug-likeness (QED) is 0.167. The van der Waals surface area contributed by atoms with Crippen LogP contribution in [0, 0.1) is 5.41 Å². The number of aliphatic hydroxyl groups excluding tert-OH is 3. The van der Waals surface area contributed by atoms with Crippen LogP contribution in [0.1, 0.15) is 47.5 Å². The minimum Gasteiger partial charge on any atom is -0.478 e. The van der Waals surface area contributed by atoms with Gasteiger partial charge >= 0.3 is 17.9 Å². The van der Waals surface area contributed by atoms with Gasteiger partial charge in [-0.05, 0) is 27.2 Å². The molecule has 33 heavy (non-hydrogen) atoms. The van der Waals surface area contributed by atoms with Crippen molar-refractivity contribution in [3.05, 3.63) is 36.5 Å². The summed E-state index contributed by atoms with van der Waals surface area (Å²) < 4.78 is 0. The van der Waals surface area contributed by atoms with Crippen LogP contribution in [0.4, 0.5) is 0 Å². The summed E-state index contributed by atoms with van der Waals surface area (Å²) in [6.45, 7) is 16.6. The fraction of sp³-hybridized carbons (Fsp3) is 0.571. The number of carboxylic acid groups (broad SMARTS) is 3. The summed E-state index contributed by atoms with van der Waals surface area (Å²) in [5, 5.41) is 73.5. The predicted molar refractivity (Wildman–Crippen MR) is 121 cm³/mol. The van der Waals surface area contributed by atoms with Crippen molar-refractivity contribution in [2.24, 2.45) is 5.41 Å². The molecule has 0 aromatic rings. The average molecular weight is 485 g/mol. The highest BCUT2D eigenvalue weighted by molar-refractivity contribution is 5.85. The van der Waals surface area contributed by atoms with E-state index >= 15 is 0 Å². The van der Waals surface area contributed by atoms with Gasteiger partial charge in [0.05, 0.1) is 19.8 Å². The van der Waals surface area contributed by atoms with Crippen molar-refractivity contribution in [1.29, 1.82) is 0 Å². The van der Waals surface area contributed by atoms with Crippen molar-refractivity contribution in [3.8, 4) is 0 Å². The molecule has 0 bridgehead atoms. The van der Waals surface area contributed by atoms with Gasteiger partial charge in [-0.15, -0.1) is 0 Å². The SMILES string of the molecule is C=C(C)C(=O)O.C=C(C)C(=O)O.C=C(C)C(=O)O.CCC(CO)(CO)CO.CCC(O)(O)O. The minimum absolute atomic E-state index is 0.0625. The maximum Gasteiger partial charge on any atom is 0.330 e. The van der Waals surface area contributed by atoms with Crippen LogP contribution in [-0.2, 0) is 14.4 Å². The Balaban J connectivity index is -0.000000100. The summed E-state index contributed by atoms with van der Waals surface area (Å²) in [6.07, 6.45) is 0.531. The summed E-state index contributed by atoms with van der Waals surface area (Å²) in [6, 6.07) is 0. The van der Waals surface area contributed by atoms with Crippen molar-refractivity contribution in [2.45, 2.75) is 53.4 Å². The molecule has 0 aliphatic rings. The first kappa shape index (κ1) is 40.7. The first-order valence-corrected chi connectivity index (χ1v) is 9.40. The molecule has 0 spiro atoms. The number of carbonyl (C=O) groups is 3. The van der Waals surface area contributed by atoms with Crippen molar-refractivity contribution in [3.63, 3.8) is 0 Å². The Morgan fingerprint density at radius 1 is 0.606 bits per heavy atom. The second-order valence-electron chi connectivity index (χ2n) is 6.71. The third kappa shape index (κ3) is 37.1. The average Bonchev–Trinajstić information content (AvgIpc) is 2.71. The van der Waals surface area contributed by atoms with Crippen LogP contribution in [0.25, 0.3) is 0 Å². The fourth-order valence-electron chi connectivity index (χ4n) is 0.485. The van der Waals surface area contributed by atoms with Crippen molar-refractivity contribution >= 4 is 17.9 Å². The Morgan fingerprint density at radius 2 is 0.758 bits per heavy atom. The standard InChI is InChI=1S/C6H14O3.3C4H6O2.C3H8O3/c1-2-6(3-7,4-8)5-9;3*1-3(2)4(5)6;1-2-3(4,5)6/h7-9H,2-5H2,1H3;3*1H2,2H3,(H,5,6);4-6H,2H2,1H3.